The van der Waals surface area contributed by atoms with Crippen LogP contribution in [0.4, 0.5) is 23.7 Å². The van der Waals surface area contributed by atoms with E-state index in [1.807, 2.05) is 0 Å². The Kier molecular flexibility index (Phi) is 5.51. The highest BCUT2D eigenvalue weighted by Crippen LogP contribution is 2.30. The van der Waals surface area contributed by atoms with Crippen molar-refractivity contribution in [2.24, 2.45) is 0 Å². The van der Waals surface area contributed by atoms with Gasteiger partial charge in [0.15, 0.2) is 0 Å². The van der Waals surface area contributed by atoms with Gasteiger partial charge in [0.2, 0.25) is 0 Å². The van der Waals surface area contributed by atoms with E-state index in [9.17, 15) is 18.0 Å². The average molecular weight is 329 g/mol. The third-order valence-corrected chi connectivity index (χ3v) is 4.26. The zero-order valence-electron chi connectivity index (χ0n) is 13.4. The lowest BCUT2D eigenvalue weighted by molar-refractivity contribution is -0.137. The zero-order chi connectivity index (χ0) is 17.0. The molecule has 0 bridgehead atoms. The second-order valence-corrected chi connectivity index (χ2v) is 5.79. The second kappa shape index (κ2) is 7.21. The molecule has 0 radical (unpaired) electrons. The normalized spacial score (nSPS) is 17.9. The Balaban J connectivity index is 1.93. The minimum Gasteiger partial charge on any atom is -0.322 e. The van der Waals surface area contributed by atoms with Crippen molar-refractivity contribution in [3.8, 4) is 0 Å². The molecular weight excluding hydrogens is 307 g/mol. The Bertz CT molecular complexity index is 540. The minimum absolute atomic E-state index is 0.161. The van der Waals surface area contributed by atoms with Crippen molar-refractivity contribution in [2.45, 2.75) is 32.5 Å². The SMILES string of the molecule is CCC(C)N1CCN(C(=O)Nc2cccc(C(F)(F)F)c2)CC1. The average Bonchev–Trinajstić information content (AvgIpc) is 2.53. The van der Waals surface area contributed by atoms with Crippen LogP contribution in [0.15, 0.2) is 24.3 Å². The van der Waals surface area contributed by atoms with Crippen molar-refractivity contribution in [1.82, 2.24) is 9.80 Å². The van der Waals surface area contributed by atoms with Gasteiger partial charge in [-0.3, -0.25) is 4.90 Å². The number of amides is 2. The molecule has 1 saturated heterocycles. The Morgan fingerprint density at radius 1 is 1.26 bits per heavy atom. The fraction of sp³-hybridized carbons (Fsp3) is 0.562. The molecule has 0 aliphatic carbocycles. The number of anilines is 1. The molecule has 1 aromatic rings. The highest BCUT2D eigenvalue weighted by molar-refractivity contribution is 5.89. The smallest absolute Gasteiger partial charge is 0.322 e. The number of hydrogen-bond acceptors (Lipinski definition) is 2. The molecule has 0 aromatic heterocycles. The molecule has 7 heteroatoms. The number of benzene rings is 1. The maximum atomic E-state index is 12.7. The number of nitrogens with one attached hydrogen (secondary N) is 1. The van der Waals surface area contributed by atoms with E-state index in [-0.39, 0.29) is 11.7 Å². The summed E-state index contributed by atoms with van der Waals surface area (Å²) in [5.74, 6) is 0. The second-order valence-electron chi connectivity index (χ2n) is 5.79. The molecule has 1 heterocycles. The van der Waals surface area contributed by atoms with Gasteiger partial charge < -0.3 is 10.2 Å². The van der Waals surface area contributed by atoms with Crippen LogP contribution in [0.5, 0.6) is 0 Å². The van der Waals surface area contributed by atoms with Gasteiger partial charge in [-0.25, -0.2) is 4.79 Å². The van der Waals surface area contributed by atoms with Crippen LogP contribution >= 0.6 is 0 Å². The monoisotopic (exact) mass is 329 g/mol. The maximum Gasteiger partial charge on any atom is 0.416 e. The number of nitrogens with zero attached hydrogens (tertiary/aromatic N) is 2. The van der Waals surface area contributed by atoms with Crippen molar-refractivity contribution in [2.75, 3.05) is 31.5 Å². The van der Waals surface area contributed by atoms with Gasteiger partial charge in [0, 0.05) is 37.9 Å². The molecule has 0 spiro atoms. The van der Waals surface area contributed by atoms with Crippen molar-refractivity contribution >= 4 is 11.7 Å². The van der Waals surface area contributed by atoms with Crippen LogP contribution in [0.3, 0.4) is 0 Å². The number of urea groups is 1. The quantitative estimate of drug-likeness (QED) is 0.919. The summed E-state index contributed by atoms with van der Waals surface area (Å²) in [6.07, 6.45) is -3.36. The number of alkyl halides is 3. The van der Waals surface area contributed by atoms with Gasteiger partial charge in [0.05, 0.1) is 5.56 Å². The summed E-state index contributed by atoms with van der Waals surface area (Å²) in [7, 11) is 0. The molecule has 128 valence electrons. The van der Waals surface area contributed by atoms with Crippen LogP contribution in [0.2, 0.25) is 0 Å². The van der Waals surface area contributed by atoms with E-state index in [1.165, 1.54) is 12.1 Å². The molecule has 1 aliphatic rings. The molecule has 23 heavy (non-hydrogen) atoms. The number of piperazine rings is 1. The van der Waals surface area contributed by atoms with E-state index in [0.717, 1.165) is 31.6 Å². The maximum absolute atomic E-state index is 12.7. The van der Waals surface area contributed by atoms with Crippen LogP contribution in [-0.4, -0.2) is 48.1 Å². The van der Waals surface area contributed by atoms with Gasteiger partial charge in [-0.1, -0.05) is 13.0 Å². The number of halogens is 3. The fourth-order valence-electron chi connectivity index (χ4n) is 2.60. The summed E-state index contributed by atoms with van der Waals surface area (Å²) in [6, 6.07) is 4.81. The molecule has 1 fully saturated rings. The van der Waals surface area contributed by atoms with Crippen molar-refractivity contribution in [3.63, 3.8) is 0 Å². The van der Waals surface area contributed by atoms with Crippen LogP contribution in [0.1, 0.15) is 25.8 Å². The van der Waals surface area contributed by atoms with Crippen LogP contribution < -0.4 is 5.32 Å². The zero-order valence-corrected chi connectivity index (χ0v) is 13.4. The van der Waals surface area contributed by atoms with Gasteiger partial charge in [-0.05, 0) is 31.5 Å². The Morgan fingerprint density at radius 3 is 2.48 bits per heavy atom. The lowest BCUT2D eigenvalue weighted by Crippen LogP contribution is -2.52. The van der Waals surface area contributed by atoms with Gasteiger partial charge in [0.1, 0.15) is 0 Å². The fourth-order valence-corrected chi connectivity index (χ4v) is 2.60. The summed E-state index contributed by atoms with van der Waals surface area (Å²) in [5, 5.41) is 2.55. The molecule has 1 atom stereocenters. The van der Waals surface area contributed by atoms with Gasteiger partial charge in [0.25, 0.3) is 0 Å². The summed E-state index contributed by atoms with van der Waals surface area (Å²) in [6.45, 7) is 7.00. The first-order valence-electron chi connectivity index (χ1n) is 7.78. The van der Waals surface area contributed by atoms with E-state index in [0.29, 0.717) is 19.1 Å². The largest absolute Gasteiger partial charge is 0.416 e. The minimum atomic E-state index is -4.41. The molecular formula is C16H22F3N3O. The van der Waals surface area contributed by atoms with Gasteiger partial charge in [-0.2, -0.15) is 13.2 Å². The Morgan fingerprint density at radius 2 is 1.91 bits per heavy atom. The van der Waals surface area contributed by atoms with Crippen molar-refractivity contribution in [1.29, 1.82) is 0 Å². The predicted molar refractivity (Wildman–Crippen MR) is 83.4 cm³/mol. The third kappa shape index (κ3) is 4.60. The molecule has 2 amide bonds. The van der Waals surface area contributed by atoms with Gasteiger partial charge in [-0.15, -0.1) is 0 Å². The van der Waals surface area contributed by atoms with Gasteiger partial charge >= 0.3 is 12.2 Å². The van der Waals surface area contributed by atoms with Crippen LogP contribution in [-0.2, 0) is 6.18 Å². The van der Waals surface area contributed by atoms with Crippen LogP contribution in [0, 0.1) is 0 Å². The number of carbonyl (C=O) groups excluding carboxylic acids is 1. The standard InChI is InChI=1S/C16H22F3N3O/c1-3-12(2)21-7-9-22(10-8-21)15(23)20-14-6-4-5-13(11-14)16(17,18)19/h4-6,11-12H,3,7-10H2,1-2H3,(H,20,23). The topological polar surface area (TPSA) is 35.6 Å². The molecule has 1 aliphatic heterocycles. The molecule has 1 unspecified atom stereocenters. The molecule has 2 rings (SSSR count). The number of rotatable bonds is 3. The van der Waals surface area contributed by atoms with Crippen LogP contribution in [0.25, 0.3) is 0 Å². The molecule has 0 saturated carbocycles. The summed E-state index contributed by atoms with van der Waals surface area (Å²) >= 11 is 0. The molecule has 1 N–H and O–H groups in total. The van der Waals surface area contributed by atoms with E-state index in [4.69, 9.17) is 0 Å². The lowest BCUT2D eigenvalue weighted by atomic mass is 10.2. The first kappa shape index (κ1) is 17.6. The van der Waals surface area contributed by atoms with E-state index >= 15 is 0 Å². The Hall–Kier alpha value is -1.76. The van der Waals surface area contributed by atoms with Crippen molar-refractivity contribution in [3.05, 3.63) is 29.8 Å². The van der Waals surface area contributed by atoms with E-state index < -0.39 is 11.7 Å². The Labute approximate surface area is 134 Å². The summed E-state index contributed by atoms with van der Waals surface area (Å²) in [4.78, 5) is 16.1. The highest BCUT2D eigenvalue weighted by Gasteiger charge is 2.30. The molecule has 1 aromatic carbocycles. The first-order valence-corrected chi connectivity index (χ1v) is 7.78. The third-order valence-electron chi connectivity index (χ3n) is 4.26. The number of hydrogen-bond donors (Lipinski definition) is 1. The first-order chi connectivity index (χ1) is 10.8. The predicted octanol–water partition coefficient (Wildman–Crippen LogP) is 3.65. The van der Waals surface area contributed by atoms with E-state index in [1.54, 1.807) is 4.90 Å². The summed E-state index contributed by atoms with van der Waals surface area (Å²) < 4.78 is 38.1. The molecule has 4 nitrogen and oxygen atoms in total. The van der Waals surface area contributed by atoms with Crippen molar-refractivity contribution < 1.29 is 18.0 Å². The summed E-state index contributed by atoms with van der Waals surface area (Å²) in [5.41, 5.74) is -0.605. The lowest BCUT2D eigenvalue weighted by Gasteiger charge is -2.37. The van der Waals surface area contributed by atoms with E-state index in [2.05, 4.69) is 24.1 Å². The highest BCUT2D eigenvalue weighted by atomic mass is 19.4. The number of carbonyl (C=O) groups is 1.